The standard InChI is InChI=1S/C34H51N7O12/c1-7-15(2)26-31(49)37-22(13-20-8-10-21(44)11-9-20)30(48)41-27(18(5)43)32(50)38-23(14-24(35)45)29(47)36-17(4)34(52)53-19(6)28(33(51)40-26)39-25(46)12-16(3)42/h8-11,15-19,22-23,26-28,42-44H,7,12-14H2,1-6H3,(H2,35,45)(H,36,47)(H,37,49)(H,38,50)(H,39,46)(H,40,51)(H,41,48). The lowest BCUT2D eigenvalue weighted by Crippen LogP contribution is -2.62. The van der Waals surface area contributed by atoms with Crippen LogP contribution in [0.1, 0.15) is 66.4 Å². The molecule has 1 aromatic carbocycles. The Kier molecular flexibility index (Phi) is 16.6. The van der Waals surface area contributed by atoms with Gasteiger partial charge in [0, 0.05) is 6.42 Å². The number of phenolic OH excluding ortho intramolecular Hbond substituents is 1. The first-order chi connectivity index (χ1) is 24.7. The highest BCUT2D eigenvalue weighted by Crippen LogP contribution is 2.15. The van der Waals surface area contributed by atoms with Crippen molar-refractivity contribution in [1.29, 1.82) is 0 Å². The van der Waals surface area contributed by atoms with Gasteiger partial charge in [-0.2, -0.15) is 0 Å². The Morgan fingerprint density at radius 3 is 1.91 bits per heavy atom. The van der Waals surface area contributed by atoms with Crippen molar-refractivity contribution >= 4 is 47.3 Å². The second kappa shape index (κ2) is 20.1. The number of nitrogens with one attached hydrogen (secondary N) is 6. The minimum atomic E-state index is -1.74. The summed E-state index contributed by atoms with van der Waals surface area (Å²) in [7, 11) is 0. The average Bonchev–Trinajstić information content (AvgIpc) is 3.06. The second-order valence-electron chi connectivity index (χ2n) is 13.2. The summed E-state index contributed by atoms with van der Waals surface area (Å²) in [4.78, 5) is 106. The van der Waals surface area contributed by atoms with Gasteiger partial charge in [-0.25, -0.2) is 4.79 Å². The number of amides is 7. The van der Waals surface area contributed by atoms with E-state index in [0.717, 1.165) is 0 Å². The lowest BCUT2D eigenvalue weighted by Gasteiger charge is -2.30. The third-order valence-electron chi connectivity index (χ3n) is 8.47. The van der Waals surface area contributed by atoms with Gasteiger partial charge in [-0.15, -0.1) is 0 Å². The van der Waals surface area contributed by atoms with E-state index in [1.165, 1.54) is 52.0 Å². The Morgan fingerprint density at radius 1 is 0.811 bits per heavy atom. The average molecular weight is 750 g/mol. The van der Waals surface area contributed by atoms with Gasteiger partial charge >= 0.3 is 5.97 Å². The molecule has 0 spiro atoms. The number of aromatic hydroxyl groups is 1. The van der Waals surface area contributed by atoms with E-state index in [1.807, 2.05) is 0 Å². The van der Waals surface area contributed by atoms with Crippen molar-refractivity contribution in [2.24, 2.45) is 11.7 Å². The number of cyclic esters (lactones) is 1. The van der Waals surface area contributed by atoms with E-state index in [-0.39, 0.29) is 12.2 Å². The van der Waals surface area contributed by atoms with E-state index < -0.39 is 121 Å². The number of phenols is 1. The maximum Gasteiger partial charge on any atom is 0.328 e. The number of aliphatic hydroxyl groups excluding tert-OH is 2. The van der Waals surface area contributed by atoms with Crippen molar-refractivity contribution in [3.05, 3.63) is 29.8 Å². The zero-order chi connectivity index (χ0) is 40.2. The molecule has 0 radical (unpaired) electrons. The summed E-state index contributed by atoms with van der Waals surface area (Å²) < 4.78 is 5.43. The summed E-state index contributed by atoms with van der Waals surface area (Å²) >= 11 is 0. The Balaban J connectivity index is 2.70. The smallest absolute Gasteiger partial charge is 0.328 e. The fourth-order valence-electron chi connectivity index (χ4n) is 5.24. The van der Waals surface area contributed by atoms with Crippen LogP contribution >= 0.6 is 0 Å². The van der Waals surface area contributed by atoms with E-state index in [9.17, 15) is 53.7 Å². The number of primary amides is 1. The van der Waals surface area contributed by atoms with Gasteiger partial charge in [0.15, 0.2) is 0 Å². The quantitative estimate of drug-likeness (QED) is 0.106. The molecule has 11 N–H and O–H groups in total. The van der Waals surface area contributed by atoms with Gasteiger partial charge in [-0.3, -0.25) is 33.6 Å². The largest absolute Gasteiger partial charge is 0.508 e. The summed E-state index contributed by atoms with van der Waals surface area (Å²) in [5, 5.41) is 44.5. The SMILES string of the molecule is CCC(C)C1NC(=O)C(NC(=O)CC(C)O)C(C)OC(=O)C(C)NC(=O)C(CC(N)=O)NC(=O)C(C(C)O)NC(=O)C(Cc2ccc(O)cc2)NC1=O. The minimum absolute atomic E-state index is 0.0768. The zero-order valence-electron chi connectivity index (χ0n) is 30.5. The van der Waals surface area contributed by atoms with Crippen molar-refractivity contribution in [3.8, 4) is 5.75 Å². The van der Waals surface area contributed by atoms with Crippen LogP contribution < -0.4 is 37.6 Å². The zero-order valence-corrected chi connectivity index (χ0v) is 30.5. The Morgan fingerprint density at radius 2 is 1.36 bits per heavy atom. The Hall–Kier alpha value is -5.30. The number of carbonyl (C=O) groups is 8. The molecule has 294 valence electrons. The number of ether oxygens (including phenoxy) is 1. The number of nitrogens with two attached hydrogens (primary N) is 1. The highest BCUT2D eigenvalue weighted by atomic mass is 16.5. The van der Waals surface area contributed by atoms with Crippen molar-refractivity contribution in [3.63, 3.8) is 0 Å². The molecule has 1 aromatic rings. The molecule has 1 aliphatic rings. The maximum absolute atomic E-state index is 13.9. The van der Waals surface area contributed by atoms with Crippen LogP contribution in [0.2, 0.25) is 0 Å². The molecule has 1 heterocycles. The number of carbonyl (C=O) groups excluding carboxylic acids is 8. The first-order valence-electron chi connectivity index (χ1n) is 17.2. The van der Waals surface area contributed by atoms with Gasteiger partial charge in [0.1, 0.15) is 48.1 Å². The van der Waals surface area contributed by atoms with Crippen molar-refractivity contribution in [2.45, 2.75) is 122 Å². The number of hydrogen-bond donors (Lipinski definition) is 10. The number of aliphatic hydroxyl groups is 2. The topological polar surface area (TPSA) is 305 Å². The van der Waals surface area contributed by atoms with Gasteiger partial charge in [0.05, 0.1) is 25.0 Å². The van der Waals surface area contributed by atoms with E-state index >= 15 is 0 Å². The van der Waals surface area contributed by atoms with Crippen molar-refractivity contribution in [2.75, 3.05) is 0 Å². The summed E-state index contributed by atoms with van der Waals surface area (Å²) in [6, 6.07) is -3.68. The molecule has 0 saturated carbocycles. The van der Waals surface area contributed by atoms with Crippen LogP contribution in [-0.2, 0) is 49.5 Å². The number of rotatable bonds is 10. The van der Waals surface area contributed by atoms with Crippen LogP contribution in [0.3, 0.4) is 0 Å². The molecule has 0 aliphatic carbocycles. The third-order valence-corrected chi connectivity index (χ3v) is 8.47. The van der Waals surface area contributed by atoms with Crippen LogP contribution in [0.5, 0.6) is 5.75 Å². The molecule has 2 rings (SSSR count). The number of hydrogen-bond acceptors (Lipinski definition) is 12. The molecule has 10 unspecified atom stereocenters. The van der Waals surface area contributed by atoms with E-state index in [0.29, 0.717) is 12.0 Å². The predicted molar refractivity (Wildman–Crippen MR) is 186 cm³/mol. The molecule has 10 atom stereocenters. The highest BCUT2D eigenvalue weighted by molar-refractivity contribution is 5.98. The molecule has 0 aromatic heterocycles. The first-order valence-corrected chi connectivity index (χ1v) is 17.2. The van der Waals surface area contributed by atoms with Crippen LogP contribution in [0.4, 0.5) is 0 Å². The van der Waals surface area contributed by atoms with E-state index in [2.05, 4.69) is 31.9 Å². The molecule has 19 heteroatoms. The van der Waals surface area contributed by atoms with Crippen LogP contribution in [0, 0.1) is 5.92 Å². The van der Waals surface area contributed by atoms with Crippen LogP contribution in [0.15, 0.2) is 24.3 Å². The van der Waals surface area contributed by atoms with Crippen molar-refractivity contribution < 1.29 is 58.4 Å². The minimum Gasteiger partial charge on any atom is -0.508 e. The van der Waals surface area contributed by atoms with Crippen LogP contribution in [-0.4, -0.2) is 117 Å². The lowest BCUT2D eigenvalue weighted by atomic mass is 9.96. The fraction of sp³-hybridized carbons (Fsp3) is 0.588. The van der Waals surface area contributed by atoms with Gasteiger partial charge in [-0.05, 0) is 51.3 Å². The van der Waals surface area contributed by atoms with Gasteiger partial charge in [0.25, 0.3) is 0 Å². The van der Waals surface area contributed by atoms with Gasteiger partial charge in [-0.1, -0.05) is 32.4 Å². The molecule has 7 amide bonds. The van der Waals surface area contributed by atoms with Gasteiger partial charge < -0.3 is 57.7 Å². The molecular weight excluding hydrogens is 698 g/mol. The Labute approximate surface area is 306 Å². The van der Waals surface area contributed by atoms with Gasteiger partial charge in [0.2, 0.25) is 41.4 Å². The molecule has 1 saturated heterocycles. The summed E-state index contributed by atoms with van der Waals surface area (Å²) in [6.45, 7) is 8.35. The van der Waals surface area contributed by atoms with Crippen LogP contribution in [0.25, 0.3) is 0 Å². The first kappa shape index (κ1) is 43.9. The number of esters is 1. The predicted octanol–water partition coefficient (Wildman–Crippen LogP) is -3.12. The number of benzene rings is 1. The fourth-order valence-corrected chi connectivity index (χ4v) is 5.24. The molecule has 0 bridgehead atoms. The summed E-state index contributed by atoms with van der Waals surface area (Å²) in [5.74, 6) is -8.57. The normalized spacial score (nSPS) is 27.1. The highest BCUT2D eigenvalue weighted by Gasteiger charge is 2.38. The second-order valence-corrected chi connectivity index (χ2v) is 13.2. The molecular formula is C34H51N7O12. The molecule has 19 nitrogen and oxygen atoms in total. The lowest BCUT2D eigenvalue weighted by molar-refractivity contribution is -0.155. The monoisotopic (exact) mass is 749 g/mol. The summed E-state index contributed by atoms with van der Waals surface area (Å²) in [6.07, 6.45) is -5.17. The van der Waals surface area contributed by atoms with E-state index in [4.69, 9.17) is 10.5 Å². The maximum atomic E-state index is 13.9. The summed E-state index contributed by atoms with van der Waals surface area (Å²) in [5.41, 5.74) is 5.76. The molecule has 53 heavy (non-hydrogen) atoms. The van der Waals surface area contributed by atoms with E-state index in [1.54, 1.807) is 13.8 Å². The Bertz CT molecular complexity index is 1500. The third kappa shape index (κ3) is 13.6. The molecule has 1 aliphatic heterocycles. The van der Waals surface area contributed by atoms with Crippen molar-refractivity contribution in [1.82, 2.24) is 31.9 Å². The molecule has 1 fully saturated rings.